The Morgan fingerprint density at radius 2 is 2.31 bits per heavy atom. The van der Waals surface area contributed by atoms with E-state index in [-0.39, 0.29) is 0 Å². The molecule has 1 aliphatic rings. The van der Waals surface area contributed by atoms with E-state index in [2.05, 4.69) is 36.5 Å². The number of thiazole rings is 1. The average Bonchev–Trinajstić information content (AvgIpc) is 2.72. The van der Waals surface area contributed by atoms with Crippen molar-refractivity contribution >= 4 is 11.3 Å². The van der Waals surface area contributed by atoms with E-state index in [0.29, 0.717) is 0 Å². The van der Waals surface area contributed by atoms with Crippen molar-refractivity contribution in [1.29, 1.82) is 0 Å². The number of fused-ring (bicyclic) bond motifs is 1. The zero-order valence-electron chi connectivity index (χ0n) is 9.29. The standard InChI is InChI=1S/C13H14N2S/c1-9-3-2-4-10(7-9)13-15-11-5-6-14-8-12(11)16-13/h2-4,7,14H,5-6,8H2,1H3. The lowest BCUT2D eigenvalue weighted by molar-refractivity contribution is 0.644. The highest BCUT2D eigenvalue weighted by Crippen LogP contribution is 2.29. The van der Waals surface area contributed by atoms with Crippen molar-refractivity contribution in [2.75, 3.05) is 6.54 Å². The maximum atomic E-state index is 4.74. The van der Waals surface area contributed by atoms with Gasteiger partial charge in [-0.05, 0) is 13.0 Å². The zero-order valence-corrected chi connectivity index (χ0v) is 10.1. The van der Waals surface area contributed by atoms with Gasteiger partial charge in [-0.15, -0.1) is 11.3 Å². The first-order valence-electron chi connectivity index (χ1n) is 5.59. The number of nitrogens with one attached hydrogen (secondary N) is 1. The molecular weight excluding hydrogens is 216 g/mol. The first-order valence-corrected chi connectivity index (χ1v) is 6.41. The van der Waals surface area contributed by atoms with Crippen LogP contribution < -0.4 is 5.32 Å². The second-order valence-electron chi connectivity index (χ2n) is 4.19. The van der Waals surface area contributed by atoms with Gasteiger partial charge >= 0.3 is 0 Å². The maximum absolute atomic E-state index is 4.74. The highest BCUT2D eigenvalue weighted by molar-refractivity contribution is 7.15. The lowest BCUT2D eigenvalue weighted by atomic mass is 10.1. The zero-order chi connectivity index (χ0) is 11.0. The molecule has 1 aliphatic heterocycles. The van der Waals surface area contributed by atoms with E-state index >= 15 is 0 Å². The van der Waals surface area contributed by atoms with Gasteiger partial charge < -0.3 is 5.32 Å². The Bertz CT molecular complexity index is 493. The topological polar surface area (TPSA) is 24.9 Å². The fourth-order valence-corrected chi connectivity index (χ4v) is 3.10. The molecule has 0 atom stereocenters. The fourth-order valence-electron chi connectivity index (χ4n) is 2.03. The van der Waals surface area contributed by atoms with Crippen LogP contribution in [0.2, 0.25) is 0 Å². The molecule has 82 valence electrons. The minimum Gasteiger partial charge on any atom is -0.311 e. The van der Waals surface area contributed by atoms with Crippen molar-refractivity contribution in [3.63, 3.8) is 0 Å². The van der Waals surface area contributed by atoms with Crippen molar-refractivity contribution in [1.82, 2.24) is 10.3 Å². The molecule has 1 aromatic heterocycles. The van der Waals surface area contributed by atoms with Crippen molar-refractivity contribution in [3.8, 4) is 10.6 Å². The summed E-state index contributed by atoms with van der Waals surface area (Å²) >= 11 is 1.82. The summed E-state index contributed by atoms with van der Waals surface area (Å²) in [5, 5.41) is 4.55. The highest BCUT2D eigenvalue weighted by Gasteiger charge is 2.15. The smallest absolute Gasteiger partial charge is 0.123 e. The van der Waals surface area contributed by atoms with E-state index in [4.69, 9.17) is 4.98 Å². The van der Waals surface area contributed by atoms with Gasteiger partial charge in [0.2, 0.25) is 0 Å². The summed E-state index contributed by atoms with van der Waals surface area (Å²) in [7, 11) is 0. The molecule has 0 unspecified atom stereocenters. The molecule has 1 aromatic carbocycles. The van der Waals surface area contributed by atoms with Crippen LogP contribution in [0, 0.1) is 6.92 Å². The molecule has 2 heterocycles. The fraction of sp³-hybridized carbons (Fsp3) is 0.308. The highest BCUT2D eigenvalue weighted by atomic mass is 32.1. The Morgan fingerprint density at radius 3 is 3.12 bits per heavy atom. The third kappa shape index (κ3) is 1.77. The third-order valence-corrected chi connectivity index (χ3v) is 4.01. The quantitative estimate of drug-likeness (QED) is 0.815. The first-order chi connectivity index (χ1) is 7.83. The van der Waals surface area contributed by atoms with Crippen LogP contribution in [-0.4, -0.2) is 11.5 Å². The van der Waals surface area contributed by atoms with Crippen LogP contribution in [-0.2, 0) is 13.0 Å². The van der Waals surface area contributed by atoms with E-state index in [1.807, 2.05) is 11.3 Å². The molecule has 0 saturated heterocycles. The minimum atomic E-state index is 0.985. The van der Waals surface area contributed by atoms with E-state index in [1.54, 1.807) is 0 Å². The van der Waals surface area contributed by atoms with Crippen LogP contribution in [0.1, 0.15) is 16.1 Å². The molecule has 16 heavy (non-hydrogen) atoms. The molecule has 3 heteroatoms. The van der Waals surface area contributed by atoms with Crippen LogP contribution in [0.3, 0.4) is 0 Å². The van der Waals surface area contributed by atoms with Gasteiger partial charge in [0.25, 0.3) is 0 Å². The molecule has 2 aromatic rings. The summed E-state index contributed by atoms with van der Waals surface area (Å²) in [5.74, 6) is 0. The number of hydrogen-bond donors (Lipinski definition) is 1. The van der Waals surface area contributed by atoms with Gasteiger partial charge in [-0.3, -0.25) is 0 Å². The molecule has 0 fully saturated rings. The van der Waals surface area contributed by atoms with Crippen molar-refractivity contribution in [3.05, 3.63) is 40.4 Å². The summed E-state index contributed by atoms with van der Waals surface area (Å²) in [6.07, 6.45) is 1.07. The Kier molecular flexibility index (Phi) is 2.50. The van der Waals surface area contributed by atoms with Crippen LogP contribution >= 0.6 is 11.3 Å². The van der Waals surface area contributed by atoms with E-state index in [9.17, 15) is 0 Å². The van der Waals surface area contributed by atoms with Crippen LogP contribution in [0.25, 0.3) is 10.6 Å². The minimum absolute atomic E-state index is 0.985. The summed E-state index contributed by atoms with van der Waals surface area (Å²) in [4.78, 5) is 6.15. The number of hydrogen-bond acceptors (Lipinski definition) is 3. The summed E-state index contributed by atoms with van der Waals surface area (Å²) in [6, 6.07) is 8.57. The predicted octanol–water partition coefficient (Wildman–Crippen LogP) is 2.76. The summed E-state index contributed by atoms with van der Waals surface area (Å²) in [6.45, 7) is 4.17. The van der Waals surface area contributed by atoms with Crippen molar-refractivity contribution < 1.29 is 0 Å². The molecule has 3 rings (SSSR count). The summed E-state index contributed by atoms with van der Waals surface area (Å²) in [5.41, 5.74) is 3.84. The monoisotopic (exact) mass is 230 g/mol. The second-order valence-corrected chi connectivity index (χ2v) is 5.27. The molecular formula is C13H14N2S. The van der Waals surface area contributed by atoms with E-state index in [1.165, 1.54) is 21.7 Å². The molecule has 0 aliphatic carbocycles. The van der Waals surface area contributed by atoms with E-state index < -0.39 is 0 Å². The van der Waals surface area contributed by atoms with Gasteiger partial charge in [-0.2, -0.15) is 0 Å². The summed E-state index contributed by atoms with van der Waals surface area (Å²) < 4.78 is 0. The Labute approximate surface area is 99.4 Å². The molecule has 0 amide bonds. The second kappa shape index (κ2) is 4.00. The number of aryl methyl sites for hydroxylation is 1. The Morgan fingerprint density at radius 1 is 1.38 bits per heavy atom. The maximum Gasteiger partial charge on any atom is 0.123 e. The molecule has 0 radical (unpaired) electrons. The lowest BCUT2D eigenvalue weighted by Crippen LogP contribution is -2.22. The van der Waals surface area contributed by atoms with E-state index in [0.717, 1.165) is 24.5 Å². The molecule has 1 N–H and O–H groups in total. The van der Waals surface area contributed by atoms with Crippen LogP contribution in [0.15, 0.2) is 24.3 Å². The lowest BCUT2D eigenvalue weighted by Gasteiger charge is -2.09. The first kappa shape index (κ1) is 10.00. The number of aromatic nitrogens is 1. The SMILES string of the molecule is Cc1cccc(-c2nc3c(s2)CNCC3)c1. The van der Waals surface area contributed by atoms with Gasteiger partial charge in [-0.1, -0.05) is 23.8 Å². The van der Waals surface area contributed by atoms with Gasteiger partial charge in [0.1, 0.15) is 5.01 Å². The van der Waals surface area contributed by atoms with Crippen molar-refractivity contribution in [2.24, 2.45) is 0 Å². The Balaban J connectivity index is 2.03. The molecule has 0 saturated carbocycles. The average molecular weight is 230 g/mol. The van der Waals surface area contributed by atoms with Crippen LogP contribution in [0.5, 0.6) is 0 Å². The van der Waals surface area contributed by atoms with Crippen LogP contribution in [0.4, 0.5) is 0 Å². The normalized spacial score (nSPS) is 14.8. The van der Waals surface area contributed by atoms with Crippen molar-refractivity contribution in [2.45, 2.75) is 19.9 Å². The third-order valence-electron chi connectivity index (χ3n) is 2.87. The molecule has 2 nitrogen and oxygen atoms in total. The van der Waals surface area contributed by atoms with Gasteiger partial charge in [0, 0.05) is 30.0 Å². The largest absolute Gasteiger partial charge is 0.311 e. The molecule has 0 spiro atoms. The van der Waals surface area contributed by atoms with Gasteiger partial charge in [0.15, 0.2) is 0 Å². The number of benzene rings is 1. The Hall–Kier alpha value is -1.19. The van der Waals surface area contributed by atoms with Gasteiger partial charge in [0.05, 0.1) is 5.69 Å². The van der Waals surface area contributed by atoms with Gasteiger partial charge in [-0.25, -0.2) is 4.98 Å². The predicted molar refractivity (Wildman–Crippen MR) is 67.7 cm³/mol. The number of rotatable bonds is 1. The number of nitrogens with zero attached hydrogens (tertiary/aromatic N) is 1. The molecule has 0 bridgehead atoms.